The van der Waals surface area contributed by atoms with Gasteiger partial charge in [-0.1, -0.05) is 23.2 Å². The fourth-order valence-electron chi connectivity index (χ4n) is 2.84. The second-order valence-corrected chi connectivity index (χ2v) is 9.07. The van der Waals surface area contributed by atoms with Gasteiger partial charge in [-0.3, -0.25) is 4.79 Å². The van der Waals surface area contributed by atoms with Crippen molar-refractivity contribution >= 4 is 44.8 Å². The van der Waals surface area contributed by atoms with Crippen LogP contribution in [-0.2, 0) is 19.6 Å². The predicted octanol–water partition coefficient (Wildman–Crippen LogP) is 3.04. The highest BCUT2D eigenvalue weighted by Crippen LogP contribution is 2.31. The first-order valence-electron chi connectivity index (χ1n) is 8.95. The Bertz CT molecular complexity index is 1030. The minimum absolute atomic E-state index is 0.0269. The number of halogens is 2. The van der Waals surface area contributed by atoms with E-state index >= 15 is 0 Å². The second kappa shape index (κ2) is 9.84. The second-order valence-electron chi connectivity index (χ2n) is 6.29. The van der Waals surface area contributed by atoms with Gasteiger partial charge >= 0.3 is 0 Å². The third-order valence-electron chi connectivity index (χ3n) is 4.29. The highest BCUT2D eigenvalue weighted by Gasteiger charge is 2.29. The molecular formula is C19H20Cl2N2O6S. The van der Waals surface area contributed by atoms with Crippen molar-refractivity contribution in [2.75, 3.05) is 45.3 Å². The summed E-state index contributed by atoms with van der Waals surface area (Å²) < 4.78 is 43.3. The number of nitrogens with zero attached hydrogens (tertiary/aromatic N) is 1. The number of rotatable bonds is 7. The monoisotopic (exact) mass is 474 g/mol. The van der Waals surface area contributed by atoms with Gasteiger partial charge in [0.05, 0.1) is 26.0 Å². The van der Waals surface area contributed by atoms with E-state index in [4.69, 9.17) is 37.4 Å². The van der Waals surface area contributed by atoms with Crippen LogP contribution in [0.5, 0.6) is 11.5 Å². The maximum absolute atomic E-state index is 13.0. The van der Waals surface area contributed by atoms with Gasteiger partial charge in [-0.2, -0.15) is 4.31 Å². The van der Waals surface area contributed by atoms with E-state index in [0.717, 1.165) is 0 Å². The molecule has 0 aliphatic carbocycles. The molecule has 1 aliphatic rings. The number of ether oxygens (including phenoxy) is 3. The summed E-state index contributed by atoms with van der Waals surface area (Å²) in [6, 6.07) is 9.00. The first-order chi connectivity index (χ1) is 14.3. The zero-order chi connectivity index (χ0) is 21.7. The van der Waals surface area contributed by atoms with Crippen LogP contribution >= 0.6 is 23.2 Å². The van der Waals surface area contributed by atoms with Crippen LogP contribution in [0.4, 0.5) is 5.69 Å². The van der Waals surface area contributed by atoms with Gasteiger partial charge < -0.3 is 19.5 Å². The zero-order valence-electron chi connectivity index (χ0n) is 16.1. The lowest BCUT2D eigenvalue weighted by molar-refractivity contribution is -0.118. The summed E-state index contributed by atoms with van der Waals surface area (Å²) >= 11 is 12.0. The number of amides is 1. The number of carbonyl (C=O) groups excluding carboxylic acids is 1. The standard InChI is InChI=1S/C19H20Cl2N2O6S/c1-27-16-4-2-13(20)10-15(16)22-19(24)12-29-17-5-3-14(21)11-18(17)30(25,26)23-6-8-28-9-7-23/h2-5,10-11H,6-9,12H2,1H3,(H,22,24). The average Bonchev–Trinajstić information content (AvgIpc) is 2.73. The number of anilines is 1. The lowest BCUT2D eigenvalue weighted by Crippen LogP contribution is -2.40. The van der Waals surface area contributed by atoms with Gasteiger partial charge in [0.25, 0.3) is 5.91 Å². The van der Waals surface area contributed by atoms with Crippen molar-refractivity contribution in [3.8, 4) is 11.5 Å². The van der Waals surface area contributed by atoms with Crippen LogP contribution in [0.2, 0.25) is 10.0 Å². The maximum Gasteiger partial charge on any atom is 0.262 e. The van der Waals surface area contributed by atoms with E-state index in [9.17, 15) is 13.2 Å². The smallest absolute Gasteiger partial charge is 0.262 e. The van der Waals surface area contributed by atoms with Crippen molar-refractivity contribution in [2.45, 2.75) is 4.90 Å². The molecule has 2 aromatic carbocycles. The Morgan fingerprint density at radius 2 is 1.73 bits per heavy atom. The van der Waals surface area contributed by atoms with Gasteiger partial charge in [0.15, 0.2) is 6.61 Å². The Balaban J connectivity index is 1.76. The number of hydrogen-bond acceptors (Lipinski definition) is 6. The number of nitrogens with one attached hydrogen (secondary N) is 1. The summed E-state index contributed by atoms with van der Waals surface area (Å²) in [7, 11) is -2.40. The van der Waals surface area contributed by atoms with Crippen molar-refractivity contribution in [3.05, 3.63) is 46.4 Å². The molecule has 162 valence electrons. The van der Waals surface area contributed by atoms with Crippen molar-refractivity contribution in [1.29, 1.82) is 0 Å². The van der Waals surface area contributed by atoms with Gasteiger partial charge in [-0.25, -0.2) is 8.42 Å². The molecule has 1 N–H and O–H groups in total. The van der Waals surface area contributed by atoms with Crippen molar-refractivity contribution in [3.63, 3.8) is 0 Å². The maximum atomic E-state index is 13.0. The molecule has 0 spiro atoms. The van der Waals surface area contributed by atoms with E-state index in [-0.39, 0.29) is 28.8 Å². The van der Waals surface area contributed by atoms with E-state index < -0.39 is 22.5 Å². The largest absolute Gasteiger partial charge is 0.495 e. The minimum atomic E-state index is -3.86. The quantitative estimate of drug-likeness (QED) is 0.662. The predicted molar refractivity (Wildman–Crippen MR) is 113 cm³/mol. The van der Waals surface area contributed by atoms with E-state index in [2.05, 4.69) is 5.32 Å². The van der Waals surface area contributed by atoms with Crippen LogP contribution in [0.3, 0.4) is 0 Å². The first-order valence-corrected chi connectivity index (χ1v) is 11.1. The fourth-order valence-corrected chi connectivity index (χ4v) is 4.81. The number of carbonyl (C=O) groups is 1. The van der Waals surface area contributed by atoms with Crippen LogP contribution in [0.15, 0.2) is 41.3 Å². The summed E-state index contributed by atoms with van der Waals surface area (Å²) in [6.45, 7) is 0.634. The molecule has 30 heavy (non-hydrogen) atoms. The molecule has 1 saturated heterocycles. The van der Waals surface area contributed by atoms with E-state index in [1.54, 1.807) is 12.1 Å². The fraction of sp³-hybridized carbons (Fsp3) is 0.316. The topological polar surface area (TPSA) is 94.2 Å². The molecule has 8 nitrogen and oxygen atoms in total. The van der Waals surface area contributed by atoms with Crippen LogP contribution in [0.25, 0.3) is 0 Å². The van der Waals surface area contributed by atoms with Gasteiger partial charge in [0.2, 0.25) is 10.0 Å². The van der Waals surface area contributed by atoms with Crippen molar-refractivity contribution in [1.82, 2.24) is 4.31 Å². The molecule has 0 saturated carbocycles. The highest BCUT2D eigenvalue weighted by atomic mass is 35.5. The van der Waals surface area contributed by atoms with Crippen LogP contribution < -0.4 is 14.8 Å². The molecular weight excluding hydrogens is 455 g/mol. The lowest BCUT2D eigenvalue weighted by Gasteiger charge is -2.26. The van der Waals surface area contributed by atoms with E-state index in [0.29, 0.717) is 29.7 Å². The number of methoxy groups -OCH3 is 1. The summed E-state index contributed by atoms with van der Waals surface area (Å²) in [5.41, 5.74) is 0.371. The lowest BCUT2D eigenvalue weighted by atomic mass is 10.3. The Morgan fingerprint density at radius 3 is 2.40 bits per heavy atom. The van der Waals surface area contributed by atoms with Crippen molar-refractivity contribution in [2.24, 2.45) is 0 Å². The van der Waals surface area contributed by atoms with E-state index in [1.165, 1.54) is 35.7 Å². The van der Waals surface area contributed by atoms with Gasteiger partial charge in [0.1, 0.15) is 16.4 Å². The third kappa shape index (κ3) is 5.35. The van der Waals surface area contributed by atoms with Crippen LogP contribution in [0.1, 0.15) is 0 Å². The van der Waals surface area contributed by atoms with Crippen molar-refractivity contribution < 1.29 is 27.4 Å². The normalized spacial score (nSPS) is 14.9. The number of hydrogen-bond donors (Lipinski definition) is 1. The number of morpholine rings is 1. The molecule has 0 unspecified atom stereocenters. The molecule has 11 heteroatoms. The number of benzene rings is 2. The Labute approximate surface area is 184 Å². The number of sulfonamides is 1. The van der Waals surface area contributed by atoms with Gasteiger partial charge in [-0.15, -0.1) is 0 Å². The molecule has 0 atom stereocenters. The molecule has 1 fully saturated rings. The molecule has 2 aromatic rings. The summed E-state index contributed by atoms with van der Waals surface area (Å²) in [5.74, 6) is -0.0610. The van der Waals surface area contributed by atoms with E-state index in [1.807, 2.05) is 0 Å². The molecule has 0 aromatic heterocycles. The van der Waals surface area contributed by atoms with Crippen LogP contribution in [0, 0.1) is 0 Å². The third-order valence-corrected chi connectivity index (χ3v) is 6.68. The Kier molecular flexibility index (Phi) is 7.43. The molecule has 1 amide bonds. The average molecular weight is 475 g/mol. The SMILES string of the molecule is COc1ccc(Cl)cc1NC(=O)COc1ccc(Cl)cc1S(=O)(=O)N1CCOCC1. The molecule has 0 radical (unpaired) electrons. The zero-order valence-corrected chi connectivity index (χ0v) is 18.4. The summed E-state index contributed by atoms with van der Waals surface area (Å²) in [5, 5.41) is 3.29. The summed E-state index contributed by atoms with van der Waals surface area (Å²) in [6.07, 6.45) is 0. The van der Waals surface area contributed by atoms with Crippen LogP contribution in [-0.4, -0.2) is 58.7 Å². The Morgan fingerprint density at radius 1 is 1.10 bits per heavy atom. The molecule has 0 bridgehead atoms. The molecule has 1 aliphatic heterocycles. The van der Waals surface area contributed by atoms with Gasteiger partial charge in [-0.05, 0) is 36.4 Å². The minimum Gasteiger partial charge on any atom is -0.495 e. The van der Waals surface area contributed by atoms with Gasteiger partial charge in [0, 0.05) is 23.1 Å². The highest BCUT2D eigenvalue weighted by molar-refractivity contribution is 7.89. The Hall–Kier alpha value is -2.04. The summed E-state index contributed by atoms with van der Waals surface area (Å²) in [4.78, 5) is 12.3. The first kappa shape index (κ1) is 22.6. The molecule has 3 rings (SSSR count). The molecule has 1 heterocycles.